The van der Waals surface area contributed by atoms with Crippen LogP contribution >= 0.6 is 0 Å². The van der Waals surface area contributed by atoms with Gasteiger partial charge in [-0.2, -0.15) is 0 Å². The second-order valence-electron chi connectivity index (χ2n) is 6.42. The average molecular weight is 338 g/mol. The van der Waals surface area contributed by atoms with Crippen molar-refractivity contribution < 1.29 is 9.53 Å². The quantitative estimate of drug-likeness (QED) is 0.829. The van der Waals surface area contributed by atoms with Crippen molar-refractivity contribution in [2.24, 2.45) is 0 Å². The zero-order valence-electron chi connectivity index (χ0n) is 14.8. The SMILES string of the molecule is CCCOc1cccc(C(=O)Nc2ccc(N3CCCCC3)cc2)c1. The van der Waals surface area contributed by atoms with Crippen molar-refractivity contribution in [3.8, 4) is 5.75 Å². The molecule has 4 heteroatoms. The van der Waals surface area contributed by atoms with Gasteiger partial charge in [0.2, 0.25) is 0 Å². The van der Waals surface area contributed by atoms with Crippen LogP contribution in [0.2, 0.25) is 0 Å². The molecule has 1 saturated heterocycles. The maximum atomic E-state index is 12.4. The molecular formula is C21H26N2O2. The first-order valence-corrected chi connectivity index (χ1v) is 9.15. The van der Waals surface area contributed by atoms with Gasteiger partial charge in [0.25, 0.3) is 5.91 Å². The lowest BCUT2D eigenvalue weighted by Crippen LogP contribution is -2.29. The molecule has 0 unspecified atom stereocenters. The van der Waals surface area contributed by atoms with E-state index in [2.05, 4.69) is 29.3 Å². The molecule has 2 aromatic carbocycles. The van der Waals surface area contributed by atoms with E-state index in [9.17, 15) is 4.79 Å². The second-order valence-corrected chi connectivity index (χ2v) is 6.42. The Hall–Kier alpha value is -2.49. The van der Waals surface area contributed by atoms with Gasteiger partial charge in [-0.15, -0.1) is 0 Å². The van der Waals surface area contributed by atoms with Gasteiger partial charge in [-0.3, -0.25) is 4.79 Å². The molecule has 1 aliphatic heterocycles. The first-order valence-electron chi connectivity index (χ1n) is 9.15. The number of amides is 1. The number of ether oxygens (including phenoxy) is 1. The Morgan fingerprint density at radius 1 is 1.08 bits per heavy atom. The largest absolute Gasteiger partial charge is 0.494 e. The van der Waals surface area contributed by atoms with Gasteiger partial charge in [0.1, 0.15) is 5.75 Å². The number of hydrogen-bond acceptors (Lipinski definition) is 3. The van der Waals surface area contributed by atoms with Crippen LogP contribution in [0.5, 0.6) is 5.75 Å². The molecule has 3 rings (SSSR count). The minimum absolute atomic E-state index is 0.118. The number of benzene rings is 2. The fraction of sp³-hybridized carbons (Fsp3) is 0.381. The molecule has 0 spiro atoms. The topological polar surface area (TPSA) is 41.6 Å². The number of piperidine rings is 1. The van der Waals surface area contributed by atoms with Gasteiger partial charge in [0, 0.05) is 30.0 Å². The van der Waals surface area contributed by atoms with Crippen LogP contribution in [0.3, 0.4) is 0 Å². The number of carbonyl (C=O) groups excluding carboxylic acids is 1. The lowest BCUT2D eigenvalue weighted by molar-refractivity contribution is 0.102. The van der Waals surface area contributed by atoms with E-state index in [1.54, 1.807) is 12.1 Å². The Kier molecular flexibility index (Phi) is 5.94. The van der Waals surface area contributed by atoms with Crippen LogP contribution in [-0.4, -0.2) is 25.6 Å². The lowest BCUT2D eigenvalue weighted by Gasteiger charge is -2.28. The highest BCUT2D eigenvalue weighted by atomic mass is 16.5. The molecule has 1 aliphatic rings. The van der Waals surface area contributed by atoms with Crippen LogP contribution in [0.15, 0.2) is 48.5 Å². The summed E-state index contributed by atoms with van der Waals surface area (Å²) in [6.45, 7) is 4.96. The van der Waals surface area contributed by atoms with Gasteiger partial charge in [0.05, 0.1) is 6.61 Å². The molecule has 132 valence electrons. The van der Waals surface area contributed by atoms with Crippen molar-refractivity contribution in [3.63, 3.8) is 0 Å². The summed E-state index contributed by atoms with van der Waals surface area (Å²) in [6, 6.07) is 15.4. The van der Waals surface area contributed by atoms with Crippen LogP contribution < -0.4 is 15.0 Å². The molecule has 0 aromatic heterocycles. The van der Waals surface area contributed by atoms with Crippen molar-refractivity contribution in [1.82, 2.24) is 0 Å². The highest BCUT2D eigenvalue weighted by Gasteiger charge is 2.11. The standard InChI is InChI=1S/C21H26N2O2/c1-2-15-25-20-8-6-7-17(16-20)21(24)22-18-9-11-19(12-10-18)23-13-4-3-5-14-23/h6-12,16H,2-5,13-15H2,1H3,(H,22,24). The maximum Gasteiger partial charge on any atom is 0.255 e. The summed E-state index contributed by atoms with van der Waals surface area (Å²) in [7, 11) is 0. The van der Waals surface area contributed by atoms with Gasteiger partial charge in [-0.1, -0.05) is 13.0 Å². The molecule has 1 fully saturated rings. The number of nitrogens with zero attached hydrogens (tertiary/aromatic N) is 1. The Balaban J connectivity index is 1.62. The highest BCUT2D eigenvalue weighted by molar-refractivity contribution is 6.04. The van der Waals surface area contributed by atoms with E-state index in [-0.39, 0.29) is 5.91 Å². The van der Waals surface area contributed by atoms with Gasteiger partial charge < -0.3 is 15.0 Å². The third-order valence-corrected chi connectivity index (χ3v) is 4.42. The zero-order valence-corrected chi connectivity index (χ0v) is 14.8. The van der Waals surface area contributed by atoms with E-state index in [1.165, 1.54) is 24.9 Å². The third kappa shape index (κ3) is 4.75. The summed E-state index contributed by atoms with van der Waals surface area (Å²) in [5, 5.41) is 2.96. The third-order valence-electron chi connectivity index (χ3n) is 4.42. The molecular weight excluding hydrogens is 312 g/mol. The van der Waals surface area contributed by atoms with Gasteiger partial charge in [0.15, 0.2) is 0 Å². The van der Waals surface area contributed by atoms with E-state index in [4.69, 9.17) is 4.74 Å². The van der Waals surface area contributed by atoms with Crippen molar-refractivity contribution >= 4 is 17.3 Å². The smallest absolute Gasteiger partial charge is 0.255 e. The normalized spacial score (nSPS) is 14.2. The van der Waals surface area contributed by atoms with Crippen molar-refractivity contribution in [3.05, 3.63) is 54.1 Å². The summed E-state index contributed by atoms with van der Waals surface area (Å²) < 4.78 is 5.59. The molecule has 0 atom stereocenters. The van der Waals surface area contributed by atoms with E-state index < -0.39 is 0 Å². The number of hydrogen-bond donors (Lipinski definition) is 1. The monoisotopic (exact) mass is 338 g/mol. The van der Waals surface area contributed by atoms with Crippen molar-refractivity contribution in [2.45, 2.75) is 32.6 Å². The second kappa shape index (κ2) is 8.56. The Bertz CT molecular complexity index is 691. The number of rotatable bonds is 6. The first kappa shape index (κ1) is 17.3. The molecule has 25 heavy (non-hydrogen) atoms. The molecule has 1 heterocycles. The predicted octanol–water partition coefficient (Wildman–Crippen LogP) is 4.72. The van der Waals surface area contributed by atoms with E-state index in [0.717, 1.165) is 30.9 Å². The lowest BCUT2D eigenvalue weighted by atomic mass is 10.1. The van der Waals surface area contributed by atoms with Crippen molar-refractivity contribution in [2.75, 3.05) is 29.9 Å². The van der Waals surface area contributed by atoms with E-state index >= 15 is 0 Å². The van der Waals surface area contributed by atoms with Gasteiger partial charge in [-0.05, 0) is 68.1 Å². The Labute approximate surface area is 149 Å². The predicted molar refractivity (Wildman–Crippen MR) is 103 cm³/mol. The first-order chi connectivity index (χ1) is 12.3. The molecule has 0 radical (unpaired) electrons. The van der Waals surface area contributed by atoms with Gasteiger partial charge in [-0.25, -0.2) is 0 Å². The fourth-order valence-corrected chi connectivity index (χ4v) is 3.06. The van der Waals surface area contributed by atoms with E-state index in [0.29, 0.717) is 12.2 Å². The summed E-state index contributed by atoms with van der Waals surface area (Å²) in [4.78, 5) is 14.9. The molecule has 0 aliphatic carbocycles. The highest BCUT2D eigenvalue weighted by Crippen LogP contribution is 2.22. The summed E-state index contributed by atoms with van der Waals surface area (Å²) >= 11 is 0. The average Bonchev–Trinajstić information content (AvgIpc) is 2.68. The molecule has 4 nitrogen and oxygen atoms in total. The van der Waals surface area contributed by atoms with Gasteiger partial charge >= 0.3 is 0 Å². The van der Waals surface area contributed by atoms with Crippen LogP contribution in [0.4, 0.5) is 11.4 Å². The maximum absolute atomic E-state index is 12.4. The van der Waals surface area contributed by atoms with E-state index in [1.807, 2.05) is 24.3 Å². The number of anilines is 2. The summed E-state index contributed by atoms with van der Waals surface area (Å²) in [5.74, 6) is 0.614. The summed E-state index contributed by atoms with van der Waals surface area (Å²) in [5.41, 5.74) is 2.65. The van der Waals surface area contributed by atoms with Crippen LogP contribution in [0.1, 0.15) is 43.0 Å². The number of carbonyl (C=O) groups is 1. The Morgan fingerprint density at radius 2 is 1.84 bits per heavy atom. The number of nitrogens with one attached hydrogen (secondary N) is 1. The molecule has 0 bridgehead atoms. The molecule has 2 aromatic rings. The van der Waals surface area contributed by atoms with Crippen LogP contribution in [-0.2, 0) is 0 Å². The molecule has 0 saturated carbocycles. The molecule has 1 N–H and O–H groups in total. The molecule has 1 amide bonds. The summed E-state index contributed by atoms with van der Waals surface area (Å²) in [6.07, 6.45) is 4.79. The fourth-order valence-electron chi connectivity index (χ4n) is 3.06. The zero-order chi connectivity index (χ0) is 17.5. The minimum Gasteiger partial charge on any atom is -0.494 e. The van der Waals surface area contributed by atoms with Crippen LogP contribution in [0.25, 0.3) is 0 Å². The minimum atomic E-state index is -0.118. The van der Waals surface area contributed by atoms with Crippen molar-refractivity contribution in [1.29, 1.82) is 0 Å². The Morgan fingerprint density at radius 3 is 2.56 bits per heavy atom. The van der Waals surface area contributed by atoms with Crippen LogP contribution in [0, 0.1) is 0 Å².